The summed E-state index contributed by atoms with van der Waals surface area (Å²) in [5.41, 5.74) is 0. The van der Waals surface area contributed by atoms with Gasteiger partial charge in [-0.05, 0) is 19.2 Å². The number of hydrogen-bond acceptors (Lipinski definition) is 5. The van der Waals surface area contributed by atoms with Crippen LogP contribution in [0, 0.1) is 0 Å². The van der Waals surface area contributed by atoms with Gasteiger partial charge in [-0.15, -0.1) is 5.76 Å². The third-order valence-corrected chi connectivity index (χ3v) is 0.407. The minimum absolute atomic E-state index is 0. The summed E-state index contributed by atoms with van der Waals surface area (Å²) in [7, 11) is 0. The SMILES string of the molecule is CC(=O)/C=C(/C)[O-].O=C([O-])[O-].[Cr+3]. The summed E-state index contributed by atoms with van der Waals surface area (Å²) in [6.45, 7) is 2.70. The van der Waals surface area contributed by atoms with Crippen molar-refractivity contribution in [3.8, 4) is 0 Å². The molecular weight excluding hydrogens is 204 g/mol. The van der Waals surface area contributed by atoms with Crippen LogP contribution in [0.4, 0.5) is 4.79 Å². The molecule has 0 heterocycles. The van der Waals surface area contributed by atoms with E-state index in [4.69, 9.17) is 15.0 Å². The van der Waals surface area contributed by atoms with Crippen LogP contribution in [0.2, 0.25) is 0 Å². The van der Waals surface area contributed by atoms with Crippen LogP contribution in [-0.2, 0) is 22.2 Å². The molecular formula is C6H7CrO5. The Morgan fingerprint density at radius 3 is 1.33 bits per heavy atom. The topological polar surface area (TPSA) is 103 Å². The van der Waals surface area contributed by atoms with Crippen molar-refractivity contribution in [1.82, 2.24) is 0 Å². The van der Waals surface area contributed by atoms with Crippen molar-refractivity contribution in [2.24, 2.45) is 0 Å². The van der Waals surface area contributed by atoms with Crippen LogP contribution in [0.5, 0.6) is 0 Å². The van der Waals surface area contributed by atoms with Crippen LogP contribution in [0.1, 0.15) is 13.8 Å². The Morgan fingerprint density at radius 1 is 1.08 bits per heavy atom. The molecule has 0 aliphatic heterocycles. The fourth-order valence-electron chi connectivity index (χ4n) is 0.286. The molecule has 0 fully saturated rings. The Kier molecular flexibility index (Phi) is 14.3. The van der Waals surface area contributed by atoms with Crippen molar-refractivity contribution in [3.63, 3.8) is 0 Å². The maximum Gasteiger partial charge on any atom is 3.00 e. The summed E-state index contributed by atoms with van der Waals surface area (Å²) in [6.07, 6.45) is -1.28. The predicted molar refractivity (Wildman–Crippen MR) is 29.8 cm³/mol. The van der Waals surface area contributed by atoms with Crippen molar-refractivity contribution in [2.45, 2.75) is 13.8 Å². The maximum atomic E-state index is 9.98. The van der Waals surface area contributed by atoms with Gasteiger partial charge in [0.1, 0.15) is 0 Å². The second-order valence-corrected chi connectivity index (χ2v) is 1.62. The molecule has 0 unspecified atom stereocenters. The summed E-state index contributed by atoms with van der Waals surface area (Å²) in [6, 6.07) is 0. The fourth-order valence-corrected chi connectivity index (χ4v) is 0.286. The van der Waals surface area contributed by atoms with Gasteiger partial charge < -0.3 is 20.1 Å². The van der Waals surface area contributed by atoms with Crippen molar-refractivity contribution in [2.75, 3.05) is 0 Å². The first-order valence-corrected chi connectivity index (χ1v) is 2.60. The van der Waals surface area contributed by atoms with Gasteiger partial charge in [0.2, 0.25) is 0 Å². The molecule has 0 rings (SSSR count). The standard InChI is InChI=1S/C5H8O2.CH2O3.Cr/c1-4(6)3-5(2)7;2-1(3)4;/h3,6H,1-2H3;(H2,2,3,4);/q;;+3/p-3/b4-3-;;. The zero-order valence-corrected chi connectivity index (χ0v) is 7.80. The number of hydrogen-bond donors (Lipinski definition) is 0. The summed E-state index contributed by atoms with van der Waals surface area (Å²) in [4.78, 5) is 18.3. The van der Waals surface area contributed by atoms with Crippen LogP contribution >= 0.6 is 0 Å². The molecule has 0 N–H and O–H groups in total. The van der Waals surface area contributed by atoms with Crippen molar-refractivity contribution in [3.05, 3.63) is 11.8 Å². The van der Waals surface area contributed by atoms with Crippen LogP contribution in [0.3, 0.4) is 0 Å². The van der Waals surface area contributed by atoms with E-state index in [2.05, 4.69) is 0 Å². The van der Waals surface area contributed by atoms with E-state index >= 15 is 0 Å². The van der Waals surface area contributed by atoms with Gasteiger partial charge in [-0.25, -0.2) is 0 Å². The monoisotopic (exact) mass is 211 g/mol. The van der Waals surface area contributed by atoms with Crippen LogP contribution < -0.4 is 15.3 Å². The van der Waals surface area contributed by atoms with Crippen LogP contribution in [0.15, 0.2) is 11.8 Å². The second-order valence-electron chi connectivity index (χ2n) is 1.62. The summed E-state index contributed by atoms with van der Waals surface area (Å²) < 4.78 is 0. The molecule has 0 aromatic carbocycles. The first-order valence-electron chi connectivity index (χ1n) is 2.60. The Balaban J connectivity index is -0.000000142. The van der Waals surface area contributed by atoms with E-state index in [1.165, 1.54) is 13.8 Å². The molecule has 1 radical (unpaired) electrons. The van der Waals surface area contributed by atoms with Crippen molar-refractivity contribution in [1.29, 1.82) is 0 Å². The molecule has 0 bridgehead atoms. The molecule has 0 aromatic rings. The minimum atomic E-state index is -2.33. The molecule has 0 amide bonds. The summed E-state index contributed by atoms with van der Waals surface area (Å²) in [5.74, 6) is -0.375. The molecule has 0 spiro atoms. The van der Waals surface area contributed by atoms with Gasteiger partial charge in [0.25, 0.3) is 0 Å². The van der Waals surface area contributed by atoms with E-state index in [0.29, 0.717) is 0 Å². The van der Waals surface area contributed by atoms with Gasteiger partial charge in [0.05, 0.1) is 0 Å². The van der Waals surface area contributed by atoms with Crippen molar-refractivity contribution < 1.29 is 42.3 Å². The Hall–Kier alpha value is -0.988. The third-order valence-electron chi connectivity index (χ3n) is 0.407. The smallest absolute Gasteiger partial charge is 0.876 e. The maximum absolute atomic E-state index is 9.98. The second kappa shape index (κ2) is 10.0. The zero-order chi connectivity index (χ0) is 9.44. The van der Waals surface area contributed by atoms with E-state index in [0.717, 1.165) is 6.08 Å². The van der Waals surface area contributed by atoms with E-state index < -0.39 is 6.16 Å². The fraction of sp³-hybridized carbons (Fsp3) is 0.333. The third kappa shape index (κ3) is 63.8. The molecule has 0 aliphatic carbocycles. The van der Waals surface area contributed by atoms with E-state index in [1.54, 1.807) is 0 Å². The average molecular weight is 211 g/mol. The van der Waals surface area contributed by atoms with Gasteiger partial charge in [-0.1, -0.05) is 6.92 Å². The molecule has 0 aromatic heterocycles. The quantitative estimate of drug-likeness (QED) is 0.349. The number of carbonyl (C=O) groups excluding carboxylic acids is 2. The van der Waals surface area contributed by atoms with E-state index in [-0.39, 0.29) is 28.9 Å². The first-order chi connectivity index (χ1) is 4.86. The van der Waals surface area contributed by atoms with E-state index in [1.807, 2.05) is 0 Å². The molecule has 0 saturated carbocycles. The van der Waals surface area contributed by atoms with Crippen molar-refractivity contribution >= 4 is 11.9 Å². The number of allylic oxidation sites excluding steroid dienone is 2. The normalized spacial score (nSPS) is 8.67. The molecule has 5 nitrogen and oxygen atoms in total. The average Bonchev–Trinajstić information content (AvgIpc) is 1.56. The summed E-state index contributed by atoms with van der Waals surface area (Å²) >= 11 is 0. The number of carboxylic acid groups (broad SMARTS) is 2. The molecule has 0 atom stereocenters. The zero-order valence-electron chi connectivity index (χ0n) is 6.53. The van der Waals surface area contributed by atoms with Crippen LogP contribution in [-0.4, -0.2) is 11.9 Å². The summed E-state index contributed by atoms with van der Waals surface area (Å²) in [5, 5.41) is 26.6. The Bertz CT molecular complexity index is 167. The largest absolute Gasteiger partial charge is 3.00 e. The van der Waals surface area contributed by atoms with Gasteiger partial charge >= 0.3 is 17.4 Å². The van der Waals surface area contributed by atoms with Gasteiger partial charge in [-0.2, -0.15) is 0 Å². The first kappa shape index (κ1) is 17.2. The van der Waals surface area contributed by atoms with Gasteiger partial charge in [-0.3, -0.25) is 4.79 Å². The number of ketones is 1. The molecule has 67 valence electrons. The minimum Gasteiger partial charge on any atom is -0.876 e. The number of carbonyl (C=O) groups is 2. The number of rotatable bonds is 1. The molecule has 0 aliphatic rings. The van der Waals surface area contributed by atoms with Crippen LogP contribution in [0.25, 0.3) is 0 Å². The molecule has 0 saturated heterocycles. The van der Waals surface area contributed by atoms with E-state index in [9.17, 15) is 9.90 Å². The van der Waals surface area contributed by atoms with Gasteiger partial charge in [0, 0.05) is 0 Å². The molecule has 12 heavy (non-hydrogen) atoms. The predicted octanol–water partition coefficient (Wildman–Crippen LogP) is -2.61. The molecule has 6 heteroatoms. The Morgan fingerprint density at radius 2 is 1.33 bits per heavy atom. The Labute approximate surface area is 80.5 Å². The van der Waals surface area contributed by atoms with Gasteiger partial charge in [0.15, 0.2) is 5.78 Å².